The maximum Gasteiger partial charge on any atom is 0.232 e. The SMILES string of the molecule is CC(CCN)SCC(=O)N1CCN(C)CC1. The van der Waals surface area contributed by atoms with E-state index in [4.69, 9.17) is 5.73 Å². The molecule has 1 amide bonds. The summed E-state index contributed by atoms with van der Waals surface area (Å²) < 4.78 is 0. The molecule has 5 heteroatoms. The molecule has 4 nitrogen and oxygen atoms in total. The Labute approximate surface area is 103 Å². The van der Waals surface area contributed by atoms with Gasteiger partial charge in [0.15, 0.2) is 0 Å². The lowest BCUT2D eigenvalue weighted by atomic mass is 10.3. The molecule has 94 valence electrons. The summed E-state index contributed by atoms with van der Waals surface area (Å²) in [5.41, 5.74) is 5.48. The van der Waals surface area contributed by atoms with Crippen LogP contribution in [0.4, 0.5) is 0 Å². The number of nitrogens with zero attached hydrogens (tertiary/aromatic N) is 2. The summed E-state index contributed by atoms with van der Waals surface area (Å²) >= 11 is 1.72. The predicted octanol–water partition coefficient (Wildman–Crippen LogP) is 0.231. The zero-order valence-electron chi connectivity index (χ0n) is 10.3. The molecule has 0 aliphatic carbocycles. The second-order valence-corrected chi connectivity index (χ2v) is 5.81. The monoisotopic (exact) mass is 245 g/mol. The van der Waals surface area contributed by atoms with E-state index in [2.05, 4.69) is 18.9 Å². The van der Waals surface area contributed by atoms with Gasteiger partial charge in [-0.1, -0.05) is 6.92 Å². The van der Waals surface area contributed by atoms with Gasteiger partial charge in [-0.2, -0.15) is 0 Å². The van der Waals surface area contributed by atoms with Crippen molar-refractivity contribution in [3.63, 3.8) is 0 Å². The van der Waals surface area contributed by atoms with Gasteiger partial charge in [-0.05, 0) is 20.0 Å². The lowest BCUT2D eigenvalue weighted by Gasteiger charge is -2.32. The van der Waals surface area contributed by atoms with Crippen molar-refractivity contribution in [2.45, 2.75) is 18.6 Å². The first-order valence-electron chi connectivity index (χ1n) is 5.91. The van der Waals surface area contributed by atoms with Crippen LogP contribution < -0.4 is 5.73 Å². The van der Waals surface area contributed by atoms with Crippen LogP contribution in [0.25, 0.3) is 0 Å². The quantitative estimate of drug-likeness (QED) is 0.753. The Bertz CT molecular complexity index is 217. The lowest BCUT2D eigenvalue weighted by molar-refractivity contribution is -0.129. The van der Waals surface area contributed by atoms with E-state index >= 15 is 0 Å². The molecule has 1 rings (SSSR count). The van der Waals surface area contributed by atoms with Crippen LogP contribution in [0.1, 0.15) is 13.3 Å². The van der Waals surface area contributed by atoms with Gasteiger partial charge in [0.1, 0.15) is 0 Å². The van der Waals surface area contributed by atoms with Crippen molar-refractivity contribution in [3.05, 3.63) is 0 Å². The molecule has 16 heavy (non-hydrogen) atoms. The summed E-state index contributed by atoms with van der Waals surface area (Å²) in [4.78, 5) is 16.1. The van der Waals surface area contributed by atoms with Gasteiger partial charge in [0.25, 0.3) is 0 Å². The molecule has 1 aliphatic rings. The topological polar surface area (TPSA) is 49.6 Å². The summed E-state index contributed by atoms with van der Waals surface area (Å²) in [5, 5.41) is 0.487. The molecule has 1 fully saturated rings. The van der Waals surface area contributed by atoms with E-state index < -0.39 is 0 Å². The molecule has 1 saturated heterocycles. The highest BCUT2D eigenvalue weighted by Crippen LogP contribution is 2.14. The van der Waals surface area contributed by atoms with Gasteiger partial charge in [0.2, 0.25) is 5.91 Å². The van der Waals surface area contributed by atoms with Crippen molar-refractivity contribution in [2.24, 2.45) is 5.73 Å². The van der Waals surface area contributed by atoms with E-state index in [1.54, 1.807) is 11.8 Å². The minimum atomic E-state index is 0.280. The molecule has 0 spiro atoms. The molecule has 0 aromatic heterocycles. The Kier molecular flexibility index (Phi) is 6.16. The highest BCUT2D eigenvalue weighted by Gasteiger charge is 2.19. The molecule has 0 bridgehead atoms. The fourth-order valence-electron chi connectivity index (χ4n) is 1.68. The lowest BCUT2D eigenvalue weighted by Crippen LogP contribution is -2.47. The van der Waals surface area contributed by atoms with Gasteiger partial charge < -0.3 is 15.5 Å². The first-order valence-corrected chi connectivity index (χ1v) is 6.96. The van der Waals surface area contributed by atoms with Gasteiger partial charge in [-0.15, -0.1) is 11.8 Å². The molecule has 0 saturated carbocycles. The smallest absolute Gasteiger partial charge is 0.232 e. The second kappa shape index (κ2) is 7.14. The van der Waals surface area contributed by atoms with Gasteiger partial charge in [-0.25, -0.2) is 0 Å². The van der Waals surface area contributed by atoms with E-state index in [-0.39, 0.29) is 5.91 Å². The highest BCUT2D eigenvalue weighted by molar-refractivity contribution is 8.00. The number of nitrogens with two attached hydrogens (primary N) is 1. The zero-order chi connectivity index (χ0) is 12.0. The van der Waals surface area contributed by atoms with E-state index in [1.165, 1.54) is 0 Å². The average Bonchev–Trinajstić information content (AvgIpc) is 2.27. The number of hydrogen-bond acceptors (Lipinski definition) is 4. The molecule has 1 atom stereocenters. The van der Waals surface area contributed by atoms with Crippen molar-refractivity contribution in [1.29, 1.82) is 0 Å². The van der Waals surface area contributed by atoms with Gasteiger partial charge in [0.05, 0.1) is 5.75 Å². The highest BCUT2D eigenvalue weighted by atomic mass is 32.2. The molecule has 0 aromatic carbocycles. The van der Waals surface area contributed by atoms with Crippen LogP contribution in [0.15, 0.2) is 0 Å². The van der Waals surface area contributed by atoms with E-state index in [0.29, 0.717) is 17.5 Å². The van der Waals surface area contributed by atoms with E-state index in [0.717, 1.165) is 32.6 Å². The van der Waals surface area contributed by atoms with Gasteiger partial charge in [0, 0.05) is 31.4 Å². The van der Waals surface area contributed by atoms with Crippen LogP contribution in [0, 0.1) is 0 Å². The van der Waals surface area contributed by atoms with Crippen molar-refractivity contribution < 1.29 is 4.79 Å². The van der Waals surface area contributed by atoms with Gasteiger partial charge in [-0.3, -0.25) is 4.79 Å². The average molecular weight is 245 g/mol. The third kappa shape index (κ3) is 4.72. The standard InChI is InChI=1S/C11H23N3OS/c1-10(3-4-12)16-9-11(15)14-7-5-13(2)6-8-14/h10H,3-9,12H2,1-2H3. The fourth-order valence-corrected chi connectivity index (χ4v) is 2.59. The molecule has 2 N–H and O–H groups in total. The minimum absolute atomic E-state index is 0.280. The number of amides is 1. The van der Waals surface area contributed by atoms with Gasteiger partial charge >= 0.3 is 0 Å². The van der Waals surface area contributed by atoms with Crippen LogP contribution in [0.3, 0.4) is 0 Å². The molecule has 1 unspecified atom stereocenters. The second-order valence-electron chi connectivity index (χ2n) is 4.38. The predicted molar refractivity (Wildman–Crippen MR) is 69.7 cm³/mol. The Balaban J connectivity index is 2.19. The van der Waals surface area contributed by atoms with Crippen molar-refractivity contribution in [1.82, 2.24) is 9.80 Å². The van der Waals surface area contributed by atoms with Crippen molar-refractivity contribution in [3.8, 4) is 0 Å². The molecule has 1 aliphatic heterocycles. The summed E-state index contributed by atoms with van der Waals surface area (Å²) in [6.07, 6.45) is 0.987. The number of thioether (sulfide) groups is 1. The Morgan fingerprint density at radius 3 is 2.56 bits per heavy atom. The number of rotatable bonds is 5. The van der Waals surface area contributed by atoms with Crippen LogP contribution in [0.2, 0.25) is 0 Å². The summed E-state index contributed by atoms with van der Waals surface area (Å²) in [7, 11) is 2.10. The number of carbonyl (C=O) groups excluding carboxylic acids is 1. The number of carbonyl (C=O) groups is 1. The summed E-state index contributed by atoms with van der Waals surface area (Å²) in [5.74, 6) is 0.882. The van der Waals surface area contributed by atoms with E-state index in [9.17, 15) is 4.79 Å². The maximum atomic E-state index is 11.9. The fraction of sp³-hybridized carbons (Fsp3) is 0.909. The number of piperazine rings is 1. The van der Waals surface area contributed by atoms with Crippen LogP contribution >= 0.6 is 11.8 Å². The largest absolute Gasteiger partial charge is 0.339 e. The molecular formula is C11H23N3OS. The summed E-state index contributed by atoms with van der Waals surface area (Å²) in [6.45, 7) is 6.58. The van der Waals surface area contributed by atoms with Crippen molar-refractivity contribution >= 4 is 17.7 Å². The van der Waals surface area contributed by atoms with E-state index in [1.807, 2.05) is 4.90 Å². The van der Waals surface area contributed by atoms with Crippen LogP contribution in [0.5, 0.6) is 0 Å². The first kappa shape index (κ1) is 13.8. The third-order valence-electron chi connectivity index (χ3n) is 2.92. The van der Waals surface area contributed by atoms with Crippen LogP contribution in [-0.4, -0.2) is 66.5 Å². The zero-order valence-corrected chi connectivity index (χ0v) is 11.1. The number of hydrogen-bond donors (Lipinski definition) is 1. The van der Waals surface area contributed by atoms with Crippen molar-refractivity contribution in [2.75, 3.05) is 45.5 Å². The molecule has 0 aromatic rings. The number of likely N-dealkylation sites (N-methyl/N-ethyl adjacent to an activating group) is 1. The third-order valence-corrected chi connectivity index (χ3v) is 4.14. The molecule has 0 radical (unpaired) electrons. The Morgan fingerprint density at radius 1 is 1.38 bits per heavy atom. The minimum Gasteiger partial charge on any atom is -0.339 e. The molecule has 1 heterocycles. The summed E-state index contributed by atoms with van der Waals surface area (Å²) in [6, 6.07) is 0. The first-order chi connectivity index (χ1) is 7.63. The Hall–Kier alpha value is -0.260. The normalized spacial score (nSPS) is 19.8. The van der Waals surface area contributed by atoms with Crippen LogP contribution in [-0.2, 0) is 4.79 Å². The maximum absolute atomic E-state index is 11.9. The molecular weight excluding hydrogens is 222 g/mol. The Morgan fingerprint density at radius 2 is 2.00 bits per heavy atom.